The van der Waals surface area contributed by atoms with Crippen LogP contribution in [0.4, 0.5) is 0 Å². The number of rotatable bonds is 2. The summed E-state index contributed by atoms with van der Waals surface area (Å²) in [5.41, 5.74) is 1.15. The zero-order chi connectivity index (χ0) is 9.78. The quantitative estimate of drug-likeness (QED) is 0.460. The van der Waals surface area contributed by atoms with Crippen molar-refractivity contribution in [3.8, 4) is 0 Å². The number of hydrogen-bond acceptors (Lipinski definition) is 2. The van der Waals surface area contributed by atoms with E-state index in [9.17, 15) is 0 Å². The summed E-state index contributed by atoms with van der Waals surface area (Å²) in [7, 11) is 3.47. The molecule has 0 atom stereocenters. The van der Waals surface area contributed by atoms with Gasteiger partial charge in [-0.15, -0.1) is 0 Å². The predicted octanol–water partition coefficient (Wildman–Crippen LogP) is 2.65. The molecule has 0 aliphatic heterocycles. The fourth-order valence-electron chi connectivity index (χ4n) is 0.868. The van der Waals surface area contributed by atoms with Crippen LogP contribution in [0.15, 0.2) is 16.8 Å². The summed E-state index contributed by atoms with van der Waals surface area (Å²) < 4.78 is 5.06. The van der Waals surface area contributed by atoms with Crippen LogP contribution in [-0.2, 0) is 4.74 Å². The summed E-state index contributed by atoms with van der Waals surface area (Å²) in [6.07, 6.45) is 1.97. The molecule has 0 aliphatic carbocycles. The van der Waals surface area contributed by atoms with Gasteiger partial charge in [-0.05, 0) is 13.0 Å². The highest BCUT2D eigenvalue weighted by Gasteiger charge is 2.16. The standard InChI is InChI=1S/C10H19NO/c1-8(12-6)7-9(11-5)10(2,3)4/h7H,1-6H3/b8-7-,11-9?. The van der Waals surface area contributed by atoms with Gasteiger partial charge in [0.2, 0.25) is 0 Å². The summed E-state index contributed by atoms with van der Waals surface area (Å²) in [6, 6.07) is 0. The molecule has 0 N–H and O–H groups in total. The average molecular weight is 169 g/mol. The first kappa shape index (κ1) is 11.2. The molecule has 0 amide bonds. The van der Waals surface area contributed by atoms with Crippen LogP contribution >= 0.6 is 0 Å². The van der Waals surface area contributed by atoms with Crippen LogP contribution in [0.2, 0.25) is 0 Å². The van der Waals surface area contributed by atoms with Crippen molar-refractivity contribution in [1.29, 1.82) is 0 Å². The SMILES string of the molecule is CN=C(/C=C(/C)OC)C(C)(C)C. The van der Waals surface area contributed by atoms with E-state index in [-0.39, 0.29) is 5.41 Å². The maximum Gasteiger partial charge on any atom is 0.0942 e. The first-order valence-electron chi connectivity index (χ1n) is 4.11. The smallest absolute Gasteiger partial charge is 0.0942 e. The summed E-state index contributed by atoms with van der Waals surface area (Å²) in [5, 5.41) is 0. The summed E-state index contributed by atoms with van der Waals surface area (Å²) in [5.74, 6) is 0.894. The van der Waals surface area contributed by atoms with Crippen molar-refractivity contribution in [3.63, 3.8) is 0 Å². The monoisotopic (exact) mass is 169 g/mol. The minimum absolute atomic E-state index is 0.0918. The van der Waals surface area contributed by atoms with Gasteiger partial charge < -0.3 is 4.74 Å². The Labute approximate surface area is 75.3 Å². The molecule has 0 rings (SSSR count). The van der Waals surface area contributed by atoms with Crippen molar-refractivity contribution in [2.24, 2.45) is 10.4 Å². The number of hydrogen-bond donors (Lipinski definition) is 0. The van der Waals surface area contributed by atoms with E-state index in [0.717, 1.165) is 11.5 Å². The molecule has 0 heterocycles. The Hall–Kier alpha value is -0.790. The fraction of sp³-hybridized carbons (Fsp3) is 0.700. The average Bonchev–Trinajstić information content (AvgIpc) is 1.97. The van der Waals surface area contributed by atoms with Crippen molar-refractivity contribution < 1.29 is 4.74 Å². The Balaban J connectivity index is 4.63. The van der Waals surface area contributed by atoms with E-state index in [2.05, 4.69) is 25.8 Å². The van der Waals surface area contributed by atoms with E-state index in [4.69, 9.17) is 4.74 Å². The van der Waals surface area contributed by atoms with Gasteiger partial charge in [0, 0.05) is 18.2 Å². The molecule has 2 heteroatoms. The normalized spacial score (nSPS) is 14.8. The molecule has 12 heavy (non-hydrogen) atoms. The van der Waals surface area contributed by atoms with Crippen molar-refractivity contribution in [1.82, 2.24) is 0 Å². The Morgan fingerprint density at radius 2 is 1.83 bits per heavy atom. The summed E-state index contributed by atoms with van der Waals surface area (Å²) >= 11 is 0. The van der Waals surface area contributed by atoms with Crippen LogP contribution in [0.5, 0.6) is 0 Å². The number of nitrogens with zero attached hydrogens (tertiary/aromatic N) is 1. The third-order valence-electron chi connectivity index (χ3n) is 1.67. The van der Waals surface area contributed by atoms with Crippen LogP contribution in [0.25, 0.3) is 0 Å². The van der Waals surface area contributed by atoms with E-state index in [1.807, 2.05) is 13.0 Å². The largest absolute Gasteiger partial charge is 0.501 e. The molecule has 0 fully saturated rings. The van der Waals surface area contributed by atoms with Gasteiger partial charge in [-0.3, -0.25) is 4.99 Å². The van der Waals surface area contributed by atoms with Crippen LogP contribution in [0, 0.1) is 5.41 Å². The lowest BCUT2D eigenvalue weighted by atomic mass is 9.89. The lowest BCUT2D eigenvalue weighted by Gasteiger charge is -2.18. The first-order valence-corrected chi connectivity index (χ1v) is 4.11. The highest BCUT2D eigenvalue weighted by Crippen LogP contribution is 2.17. The molecule has 0 radical (unpaired) electrons. The molecular weight excluding hydrogens is 150 g/mol. The van der Waals surface area contributed by atoms with Crippen LogP contribution in [-0.4, -0.2) is 19.9 Å². The minimum Gasteiger partial charge on any atom is -0.501 e. The lowest BCUT2D eigenvalue weighted by Crippen LogP contribution is -2.18. The van der Waals surface area contributed by atoms with Gasteiger partial charge >= 0.3 is 0 Å². The predicted molar refractivity (Wildman–Crippen MR) is 53.6 cm³/mol. The van der Waals surface area contributed by atoms with Gasteiger partial charge in [0.05, 0.1) is 12.9 Å². The second kappa shape index (κ2) is 4.29. The number of aliphatic imine (C=N–C) groups is 1. The van der Waals surface area contributed by atoms with E-state index in [1.54, 1.807) is 14.2 Å². The second-order valence-electron chi connectivity index (χ2n) is 3.82. The van der Waals surface area contributed by atoms with Crippen molar-refractivity contribution in [3.05, 3.63) is 11.8 Å². The zero-order valence-electron chi connectivity index (χ0n) is 8.93. The van der Waals surface area contributed by atoms with Gasteiger partial charge in [0.1, 0.15) is 0 Å². The maximum atomic E-state index is 5.06. The summed E-state index contributed by atoms with van der Waals surface area (Å²) in [6.45, 7) is 8.33. The zero-order valence-corrected chi connectivity index (χ0v) is 8.93. The number of methoxy groups -OCH3 is 1. The van der Waals surface area contributed by atoms with Crippen LogP contribution in [0.1, 0.15) is 27.7 Å². The molecule has 0 spiro atoms. The highest BCUT2D eigenvalue weighted by atomic mass is 16.5. The molecule has 0 aliphatic rings. The van der Waals surface area contributed by atoms with E-state index >= 15 is 0 Å². The molecule has 0 aromatic carbocycles. The molecule has 0 aromatic rings. The number of ether oxygens (including phenoxy) is 1. The fourth-order valence-corrected chi connectivity index (χ4v) is 0.868. The van der Waals surface area contributed by atoms with Crippen LogP contribution in [0.3, 0.4) is 0 Å². The Morgan fingerprint density at radius 1 is 1.33 bits per heavy atom. The van der Waals surface area contributed by atoms with Crippen LogP contribution < -0.4 is 0 Å². The molecular formula is C10H19NO. The van der Waals surface area contributed by atoms with Gasteiger partial charge in [-0.25, -0.2) is 0 Å². The van der Waals surface area contributed by atoms with Gasteiger partial charge in [0.25, 0.3) is 0 Å². The van der Waals surface area contributed by atoms with Gasteiger partial charge in [0.15, 0.2) is 0 Å². The molecule has 0 aromatic heterocycles. The van der Waals surface area contributed by atoms with Crippen molar-refractivity contribution in [2.75, 3.05) is 14.2 Å². The molecule has 0 saturated heterocycles. The molecule has 70 valence electrons. The summed E-state index contributed by atoms with van der Waals surface area (Å²) in [4.78, 5) is 4.21. The van der Waals surface area contributed by atoms with E-state index < -0.39 is 0 Å². The first-order chi connectivity index (χ1) is 5.41. The molecule has 2 nitrogen and oxygen atoms in total. The van der Waals surface area contributed by atoms with Crippen molar-refractivity contribution in [2.45, 2.75) is 27.7 Å². The van der Waals surface area contributed by atoms with Gasteiger partial charge in [-0.1, -0.05) is 20.8 Å². The number of allylic oxidation sites excluding steroid dienone is 2. The lowest BCUT2D eigenvalue weighted by molar-refractivity contribution is 0.294. The van der Waals surface area contributed by atoms with E-state index in [1.165, 1.54) is 0 Å². The Morgan fingerprint density at radius 3 is 2.08 bits per heavy atom. The molecule has 0 saturated carbocycles. The van der Waals surface area contributed by atoms with Gasteiger partial charge in [-0.2, -0.15) is 0 Å². The van der Waals surface area contributed by atoms with Crippen molar-refractivity contribution >= 4 is 5.71 Å². The molecule has 0 unspecified atom stereocenters. The third-order valence-corrected chi connectivity index (χ3v) is 1.67. The highest BCUT2D eigenvalue weighted by molar-refractivity contribution is 5.99. The van der Waals surface area contributed by atoms with E-state index in [0.29, 0.717) is 0 Å². The topological polar surface area (TPSA) is 21.6 Å². The molecule has 0 bridgehead atoms. The maximum absolute atomic E-state index is 5.06. The third kappa shape index (κ3) is 3.56. The Bertz CT molecular complexity index is 196. The Kier molecular flexibility index (Phi) is 4.01. The minimum atomic E-state index is 0.0918. The second-order valence-corrected chi connectivity index (χ2v) is 3.82.